The Hall–Kier alpha value is -3.46. The fourth-order valence-corrected chi connectivity index (χ4v) is 3.43. The molecule has 9 nitrogen and oxygen atoms in total. The van der Waals surface area contributed by atoms with Gasteiger partial charge in [0.15, 0.2) is 5.75 Å². The summed E-state index contributed by atoms with van der Waals surface area (Å²) in [7, 11) is 1.55. The van der Waals surface area contributed by atoms with Crippen molar-refractivity contribution in [2.45, 2.75) is 20.4 Å². The fourth-order valence-electron chi connectivity index (χ4n) is 3.43. The summed E-state index contributed by atoms with van der Waals surface area (Å²) in [4.78, 5) is 23.6. The molecule has 0 aliphatic carbocycles. The van der Waals surface area contributed by atoms with Crippen molar-refractivity contribution in [1.82, 2.24) is 20.2 Å². The molecule has 0 atom stereocenters. The number of hydrogen-bond donors (Lipinski definition) is 1. The molecule has 0 unspecified atom stereocenters. The van der Waals surface area contributed by atoms with Crippen LogP contribution in [0.15, 0.2) is 30.7 Å². The molecular weight excluding hydrogens is 386 g/mol. The van der Waals surface area contributed by atoms with Crippen molar-refractivity contribution < 1.29 is 19.0 Å². The lowest BCUT2D eigenvalue weighted by Crippen LogP contribution is -2.22. The number of fused-ring (bicyclic) bond motifs is 1. The summed E-state index contributed by atoms with van der Waals surface area (Å²) in [6, 6.07) is 3.74. The first kappa shape index (κ1) is 19.8. The van der Waals surface area contributed by atoms with Gasteiger partial charge < -0.3 is 14.2 Å². The van der Waals surface area contributed by atoms with Gasteiger partial charge in [0.05, 0.1) is 49.1 Å². The van der Waals surface area contributed by atoms with Crippen molar-refractivity contribution in [2.24, 2.45) is 0 Å². The number of pyridine rings is 2. The van der Waals surface area contributed by atoms with Crippen molar-refractivity contribution >= 4 is 11.6 Å². The third-order valence-electron chi connectivity index (χ3n) is 4.85. The van der Waals surface area contributed by atoms with Gasteiger partial charge in [0.25, 0.3) is 11.8 Å². The van der Waals surface area contributed by atoms with Crippen molar-refractivity contribution in [1.29, 1.82) is 0 Å². The van der Waals surface area contributed by atoms with Gasteiger partial charge in [0.1, 0.15) is 6.61 Å². The molecule has 0 radical (unpaired) electrons. The van der Waals surface area contributed by atoms with E-state index in [9.17, 15) is 4.79 Å². The lowest BCUT2D eigenvalue weighted by molar-refractivity contribution is 0.0996. The summed E-state index contributed by atoms with van der Waals surface area (Å²) < 4.78 is 16.4. The van der Waals surface area contributed by atoms with Crippen LogP contribution in [-0.2, 0) is 11.3 Å². The zero-order valence-corrected chi connectivity index (χ0v) is 17.1. The van der Waals surface area contributed by atoms with Crippen LogP contribution < -0.4 is 14.4 Å². The molecule has 0 fully saturated rings. The zero-order valence-electron chi connectivity index (χ0n) is 17.1. The summed E-state index contributed by atoms with van der Waals surface area (Å²) in [5.41, 5.74) is 4.44. The summed E-state index contributed by atoms with van der Waals surface area (Å²) in [6.45, 7) is 5.74. The van der Waals surface area contributed by atoms with Crippen LogP contribution in [0.5, 0.6) is 11.6 Å². The number of hydrogen-bond acceptors (Lipinski definition) is 7. The van der Waals surface area contributed by atoms with Gasteiger partial charge in [0.2, 0.25) is 0 Å². The molecule has 0 aromatic carbocycles. The highest BCUT2D eigenvalue weighted by molar-refractivity contribution is 6.10. The average molecular weight is 409 g/mol. The van der Waals surface area contributed by atoms with Crippen LogP contribution in [0.2, 0.25) is 0 Å². The minimum Gasteiger partial charge on any atom is -0.486 e. The van der Waals surface area contributed by atoms with E-state index in [1.807, 2.05) is 26.0 Å². The maximum Gasteiger partial charge on any atom is 0.260 e. The number of rotatable bonds is 8. The van der Waals surface area contributed by atoms with Crippen molar-refractivity contribution in [3.63, 3.8) is 0 Å². The number of amides is 1. The second kappa shape index (κ2) is 8.50. The Morgan fingerprint density at radius 3 is 2.83 bits per heavy atom. The predicted octanol–water partition coefficient (Wildman–Crippen LogP) is 2.76. The summed E-state index contributed by atoms with van der Waals surface area (Å²) in [6.07, 6.45) is 5.01. The average Bonchev–Trinajstić information content (AvgIpc) is 3.39. The normalized spacial score (nSPS) is 12.9. The van der Waals surface area contributed by atoms with Crippen LogP contribution >= 0.6 is 0 Å². The monoisotopic (exact) mass is 409 g/mol. The third kappa shape index (κ3) is 3.71. The van der Waals surface area contributed by atoms with Crippen LogP contribution in [0.25, 0.3) is 11.3 Å². The van der Waals surface area contributed by atoms with E-state index < -0.39 is 0 Å². The molecule has 156 valence electrons. The number of methoxy groups -OCH3 is 1. The smallest absolute Gasteiger partial charge is 0.260 e. The highest BCUT2D eigenvalue weighted by Gasteiger charge is 2.32. The molecular formula is C21H23N5O4. The van der Waals surface area contributed by atoms with Gasteiger partial charge in [-0.2, -0.15) is 5.10 Å². The highest BCUT2D eigenvalue weighted by atomic mass is 16.5. The predicted molar refractivity (Wildman–Crippen MR) is 110 cm³/mol. The van der Waals surface area contributed by atoms with Crippen LogP contribution in [0.1, 0.15) is 28.5 Å². The molecule has 30 heavy (non-hydrogen) atoms. The van der Waals surface area contributed by atoms with Crippen molar-refractivity contribution in [3.8, 4) is 22.9 Å². The van der Waals surface area contributed by atoms with E-state index in [4.69, 9.17) is 19.2 Å². The lowest BCUT2D eigenvalue weighted by atomic mass is 10.0. The van der Waals surface area contributed by atoms with Crippen LogP contribution in [0.3, 0.4) is 0 Å². The minimum absolute atomic E-state index is 0.0734. The SMILES string of the molecule is CCOCCOc1cc(-c2cc(C)c3c(n2)CN(c2cn[nH]c2)C3=O)cnc1OC. The maximum atomic E-state index is 12.9. The number of nitrogens with one attached hydrogen (secondary N) is 1. The first-order chi connectivity index (χ1) is 14.6. The van der Waals surface area contributed by atoms with Crippen LogP contribution in [-0.4, -0.2) is 53.0 Å². The number of ether oxygens (including phenoxy) is 3. The largest absolute Gasteiger partial charge is 0.486 e. The number of carbonyl (C=O) groups is 1. The topological polar surface area (TPSA) is 102 Å². The molecule has 1 N–H and O–H groups in total. The number of aromatic amines is 1. The molecule has 0 spiro atoms. The van der Waals surface area contributed by atoms with Crippen LogP contribution in [0, 0.1) is 6.92 Å². The van der Waals surface area contributed by atoms with Gasteiger partial charge in [-0.15, -0.1) is 0 Å². The number of anilines is 1. The Kier molecular flexibility index (Phi) is 5.62. The van der Waals surface area contributed by atoms with E-state index in [0.29, 0.717) is 43.6 Å². The van der Waals surface area contributed by atoms with Gasteiger partial charge in [0, 0.05) is 24.6 Å². The molecule has 3 aromatic rings. The molecule has 0 bridgehead atoms. The molecule has 0 saturated carbocycles. The van der Waals surface area contributed by atoms with Crippen molar-refractivity contribution in [3.05, 3.63) is 47.5 Å². The summed E-state index contributed by atoms with van der Waals surface area (Å²) in [5, 5.41) is 6.67. The molecule has 1 aliphatic rings. The number of nitrogens with zero attached hydrogens (tertiary/aromatic N) is 4. The molecule has 3 aromatic heterocycles. The lowest BCUT2D eigenvalue weighted by Gasteiger charge is -2.12. The van der Waals surface area contributed by atoms with Gasteiger partial charge in [-0.1, -0.05) is 0 Å². The van der Waals surface area contributed by atoms with E-state index in [1.165, 1.54) is 0 Å². The first-order valence-electron chi connectivity index (χ1n) is 9.68. The van der Waals surface area contributed by atoms with E-state index in [1.54, 1.807) is 30.6 Å². The highest BCUT2D eigenvalue weighted by Crippen LogP contribution is 2.34. The van der Waals surface area contributed by atoms with Gasteiger partial charge in [-0.05, 0) is 31.5 Å². The Balaban J connectivity index is 1.64. The van der Waals surface area contributed by atoms with Gasteiger partial charge in [-0.25, -0.2) is 4.98 Å². The molecule has 1 amide bonds. The standard InChI is InChI=1S/C21H23N5O4/c1-4-29-5-6-30-18-8-14(9-22-20(18)28-3)16-7-13(2)19-17(25-16)12-26(21(19)27)15-10-23-24-11-15/h7-11H,4-6,12H2,1-3H3,(H,23,24). The van der Waals surface area contributed by atoms with E-state index >= 15 is 0 Å². The Morgan fingerprint density at radius 2 is 2.10 bits per heavy atom. The summed E-state index contributed by atoms with van der Waals surface area (Å²) >= 11 is 0. The fraction of sp³-hybridized carbons (Fsp3) is 0.333. The van der Waals surface area contributed by atoms with Gasteiger partial charge in [-0.3, -0.25) is 19.8 Å². The molecule has 9 heteroatoms. The number of aromatic nitrogens is 4. The first-order valence-corrected chi connectivity index (χ1v) is 9.68. The van der Waals surface area contributed by atoms with E-state index in [0.717, 1.165) is 28.2 Å². The minimum atomic E-state index is -0.0734. The summed E-state index contributed by atoms with van der Waals surface area (Å²) in [5.74, 6) is 0.843. The van der Waals surface area contributed by atoms with E-state index in [-0.39, 0.29) is 5.91 Å². The van der Waals surface area contributed by atoms with E-state index in [2.05, 4.69) is 15.2 Å². The second-order valence-electron chi connectivity index (χ2n) is 6.77. The molecule has 0 saturated heterocycles. The third-order valence-corrected chi connectivity index (χ3v) is 4.85. The molecule has 1 aliphatic heterocycles. The quantitative estimate of drug-likeness (QED) is 0.571. The zero-order chi connectivity index (χ0) is 21.1. The maximum absolute atomic E-state index is 12.9. The number of carbonyl (C=O) groups excluding carboxylic acids is 1. The van der Waals surface area contributed by atoms with Gasteiger partial charge >= 0.3 is 0 Å². The second-order valence-corrected chi connectivity index (χ2v) is 6.77. The Bertz CT molecular complexity index is 1050. The van der Waals surface area contributed by atoms with Crippen LogP contribution in [0.4, 0.5) is 5.69 Å². The Morgan fingerprint density at radius 1 is 1.23 bits per heavy atom. The van der Waals surface area contributed by atoms with Crippen molar-refractivity contribution in [2.75, 3.05) is 31.8 Å². The number of H-pyrrole nitrogens is 1. The Labute approximate surface area is 174 Å². The number of aryl methyl sites for hydroxylation is 1. The molecule has 4 heterocycles. The molecule has 4 rings (SSSR count).